The number of rotatable bonds is 9. The van der Waals surface area contributed by atoms with Crippen molar-refractivity contribution < 1.29 is 4.74 Å². The van der Waals surface area contributed by atoms with Crippen molar-refractivity contribution in [3.8, 4) is 0 Å². The van der Waals surface area contributed by atoms with Crippen LogP contribution in [0.1, 0.15) is 32.6 Å². The number of hydrogen-bond donors (Lipinski definition) is 2. The van der Waals surface area contributed by atoms with Crippen LogP contribution in [-0.4, -0.2) is 37.9 Å². The van der Waals surface area contributed by atoms with E-state index in [0.717, 1.165) is 18.6 Å². The van der Waals surface area contributed by atoms with Crippen LogP contribution in [-0.2, 0) is 4.74 Å². The lowest BCUT2D eigenvalue weighted by Crippen LogP contribution is -2.11. The minimum absolute atomic E-state index is 0.267. The summed E-state index contributed by atoms with van der Waals surface area (Å²) in [5.74, 6) is 0. The van der Waals surface area contributed by atoms with Crippen molar-refractivity contribution in [1.29, 1.82) is 10.8 Å². The van der Waals surface area contributed by atoms with Gasteiger partial charge in [-0.15, -0.1) is 0 Å². The van der Waals surface area contributed by atoms with E-state index in [-0.39, 0.29) is 6.10 Å². The minimum Gasteiger partial charge on any atom is -0.381 e. The van der Waals surface area contributed by atoms with E-state index in [4.69, 9.17) is 15.6 Å². The van der Waals surface area contributed by atoms with Gasteiger partial charge in [-0.05, 0) is 31.9 Å². The summed E-state index contributed by atoms with van der Waals surface area (Å²) in [6.45, 7) is 2.79. The smallest absolute Gasteiger partial charge is 0.0586 e. The third-order valence-corrected chi connectivity index (χ3v) is 2.27. The van der Waals surface area contributed by atoms with E-state index in [2.05, 4.69) is 11.9 Å². The Balaban J connectivity index is 3.88. The largest absolute Gasteiger partial charge is 0.381 e. The van der Waals surface area contributed by atoms with Crippen LogP contribution in [0.3, 0.4) is 0 Å². The van der Waals surface area contributed by atoms with Gasteiger partial charge >= 0.3 is 0 Å². The molecule has 0 saturated heterocycles. The lowest BCUT2D eigenvalue weighted by Gasteiger charge is -2.10. The van der Waals surface area contributed by atoms with Crippen molar-refractivity contribution in [1.82, 2.24) is 0 Å². The van der Waals surface area contributed by atoms with Crippen molar-refractivity contribution in [3.63, 3.8) is 0 Å². The maximum atomic E-state index is 7.15. The Hall–Kier alpha value is -1.03. The second-order valence-electron chi connectivity index (χ2n) is 3.31. The summed E-state index contributed by atoms with van der Waals surface area (Å²) in [6.07, 6.45) is 6.14. The zero-order valence-corrected chi connectivity index (χ0v) is 9.62. The second-order valence-corrected chi connectivity index (χ2v) is 3.31. The van der Waals surface area contributed by atoms with Gasteiger partial charge in [0.25, 0.3) is 0 Å². The molecule has 0 fully saturated rings. The lowest BCUT2D eigenvalue weighted by atomic mass is 10.2. The lowest BCUT2D eigenvalue weighted by molar-refractivity contribution is 0.0943. The summed E-state index contributed by atoms with van der Waals surface area (Å²) in [5, 5.41) is 14.1. The SMILES string of the molecule is CCC(CCN=C(C=N)CCC=N)OC. The molecule has 1 atom stereocenters. The molecule has 0 aliphatic heterocycles. The Morgan fingerprint density at radius 1 is 1.47 bits per heavy atom. The van der Waals surface area contributed by atoms with Crippen molar-refractivity contribution in [3.05, 3.63) is 0 Å². The van der Waals surface area contributed by atoms with Crippen molar-refractivity contribution in [2.75, 3.05) is 13.7 Å². The molecule has 86 valence electrons. The third-order valence-electron chi connectivity index (χ3n) is 2.27. The molecule has 0 bridgehead atoms. The molecule has 0 aromatic carbocycles. The summed E-state index contributed by atoms with van der Waals surface area (Å²) >= 11 is 0. The monoisotopic (exact) mass is 211 g/mol. The van der Waals surface area contributed by atoms with Crippen molar-refractivity contribution in [2.24, 2.45) is 4.99 Å². The van der Waals surface area contributed by atoms with Gasteiger partial charge in [0.15, 0.2) is 0 Å². The number of ether oxygens (including phenoxy) is 1. The molecule has 1 unspecified atom stereocenters. The van der Waals surface area contributed by atoms with Gasteiger partial charge in [-0.2, -0.15) is 0 Å². The molecule has 0 aromatic rings. The minimum atomic E-state index is 0.267. The Kier molecular flexibility index (Phi) is 8.87. The third kappa shape index (κ3) is 6.96. The average molecular weight is 211 g/mol. The highest BCUT2D eigenvalue weighted by atomic mass is 16.5. The van der Waals surface area contributed by atoms with Gasteiger partial charge in [0.1, 0.15) is 0 Å². The molecular weight excluding hydrogens is 190 g/mol. The van der Waals surface area contributed by atoms with Crippen LogP contribution in [0, 0.1) is 10.8 Å². The van der Waals surface area contributed by atoms with Gasteiger partial charge < -0.3 is 15.6 Å². The molecular formula is C11H21N3O. The quantitative estimate of drug-likeness (QED) is 0.564. The van der Waals surface area contributed by atoms with Crippen LogP contribution < -0.4 is 0 Å². The van der Waals surface area contributed by atoms with Crippen LogP contribution in [0.2, 0.25) is 0 Å². The topological polar surface area (TPSA) is 69.3 Å². The van der Waals surface area contributed by atoms with E-state index in [1.165, 1.54) is 12.4 Å². The van der Waals surface area contributed by atoms with E-state index in [0.29, 0.717) is 19.4 Å². The maximum Gasteiger partial charge on any atom is 0.0586 e. The number of nitrogens with zero attached hydrogens (tertiary/aromatic N) is 1. The van der Waals surface area contributed by atoms with Crippen molar-refractivity contribution >= 4 is 18.1 Å². The number of aliphatic imine (C=N–C) groups is 1. The van der Waals surface area contributed by atoms with Crippen LogP contribution in [0.5, 0.6) is 0 Å². The van der Waals surface area contributed by atoms with Crippen LogP contribution in [0.15, 0.2) is 4.99 Å². The second kappa shape index (κ2) is 9.52. The summed E-state index contributed by atoms with van der Waals surface area (Å²) in [4.78, 5) is 4.31. The highest BCUT2D eigenvalue weighted by molar-refractivity contribution is 6.29. The molecule has 0 aromatic heterocycles. The normalized spacial score (nSPS) is 13.6. The first-order valence-corrected chi connectivity index (χ1v) is 5.34. The number of methoxy groups -OCH3 is 1. The predicted molar refractivity (Wildman–Crippen MR) is 64.8 cm³/mol. The Bertz CT molecular complexity index is 210. The molecule has 0 spiro atoms. The fourth-order valence-corrected chi connectivity index (χ4v) is 1.26. The fraction of sp³-hybridized carbons (Fsp3) is 0.727. The van der Waals surface area contributed by atoms with Gasteiger partial charge in [0, 0.05) is 19.9 Å². The van der Waals surface area contributed by atoms with Crippen LogP contribution in [0.25, 0.3) is 0 Å². The Labute approximate surface area is 91.8 Å². The molecule has 0 amide bonds. The molecule has 15 heavy (non-hydrogen) atoms. The zero-order chi connectivity index (χ0) is 11.5. The highest BCUT2D eigenvalue weighted by Gasteiger charge is 2.02. The van der Waals surface area contributed by atoms with E-state index in [1.54, 1.807) is 7.11 Å². The first-order chi connectivity index (χ1) is 7.28. The Morgan fingerprint density at radius 2 is 2.20 bits per heavy atom. The fourth-order valence-electron chi connectivity index (χ4n) is 1.26. The van der Waals surface area contributed by atoms with E-state index in [9.17, 15) is 0 Å². The molecule has 0 saturated carbocycles. The molecule has 0 aliphatic carbocycles. The van der Waals surface area contributed by atoms with E-state index < -0.39 is 0 Å². The number of nitrogens with one attached hydrogen (secondary N) is 2. The zero-order valence-electron chi connectivity index (χ0n) is 9.62. The molecule has 0 rings (SSSR count). The maximum absolute atomic E-state index is 7.15. The first kappa shape index (κ1) is 14.0. The van der Waals surface area contributed by atoms with Crippen molar-refractivity contribution in [2.45, 2.75) is 38.7 Å². The summed E-state index contributed by atoms with van der Waals surface area (Å²) in [5.41, 5.74) is 0.768. The highest BCUT2D eigenvalue weighted by Crippen LogP contribution is 2.02. The summed E-state index contributed by atoms with van der Waals surface area (Å²) in [7, 11) is 1.71. The van der Waals surface area contributed by atoms with Crippen LogP contribution >= 0.6 is 0 Å². The van der Waals surface area contributed by atoms with Gasteiger partial charge in [0.05, 0.1) is 11.8 Å². The number of hydrogen-bond acceptors (Lipinski definition) is 4. The molecule has 2 N–H and O–H groups in total. The van der Waals surface area contributed by atoms with Gasteiger partial charge in [0.2, 0.25) is 0 Å². The van der Waals surface area contributed by atoms with Gasteiger partial charge in [-0.1, -0.05) is 6.92 Å². The molecule has 0 heterocycles. The predicted octanol–water partition coefficient (Wildman–Crippen LogP) is 2.32. The molecule has 0 radical (unpaired) electrons. The summed E-state index contributed by atoms with van der Waals surface area (Å²) in [6, 6.07) is 0. The van der Waals surface area contributed by atoms with Gasteiger partial charge in [-0.25, -0.2) is 0 Å². The summed E-state index contributed by atoms with van der Waals surface area (Å²) < 4.78 is 5.23. The standard InChI is InChI=1S/C11H21N3O/c1-3-11(15-2)6-8-14-10(9-13)5-4-7-12/h7,9,11-13H,3-6,8H2,1-2H3. The molecule has 0 aliphatic rings. The molecule has 4 nitrogen and oxygen atoms in total. The molecule has 4 heteroatoms. The Morgan fingerprint density at radius 3 is 2.67 bits per heavy atom. The average Bonchev–Trinajstić information content (AvgIpc) is 2.28. The van der Waals surface area contributed by atoms with E-state index >= 15 is 0 Å². The van der Waals surface area contributed by atoms with Gasteiger partial charge in [-0.3, -0.25) is 4.99 Å². The van der Waals surface area contributed by atoms with Crippen LogP contribution in [0.4, 0.5) is 0 Å². The van der Waals surface area contributed by atoms with E-state index in [1.807, 2.05) is 0 Å². The first-order valence-electron chi connectivity index (χ1n) is 5.34.